The van der Waals surface area contributed by atoms with Crippen molar-refractivity contribution in [2.75, 3.05) is 20.1 Å². The van der Waals surface area contributed by atoms with E-state index in [-0.39, 0.29) is 24.4 Å². The minimum Gasteiger partial charge on any atom is -0.343 e. The van der Waals surface area contributed by atoms with Crippen molar-refractivity contribution >= 4 is 29.9 Å². The Bertz CT molecular complexity index is 472. The van der Waals surface area contributed by atoms with Gasteiger partial charge in [0.15, 0.2) is 0 Å². The van der Waals surface area contributed by atoms with Gasteiger partial charge in [-0.1, -0.05) is 23.7 Å². The maximum atomic E-state index is 12.4. The van der Waals surface area contributed by atoms with Crippen molar-refractivity contribution in [3.63, 3.8) is 0 Å². The summed E-state index contributed by atoms with van der Waals surface area (Å²) in [4.78, 5) is 14.3. The average Bonchev–Trinajstić information content (AvgIpc) is 2.55. The van der Waals surface area contributed by atoms with Gasteiger partial charge >= 0.3 is 0 Å². The second-order valence-electron chi connectivity index (χ2n) is 6.42. The Balaban J connectivity index is 0.00000264. The normalized spacial score (nSPS) is 16.5. The molecule has 1 amide bonds. The molecule has 0 aliphatic carbocycles. The van der Waals surface area contributed by atoms with E-state index in [1.54, 1.807) is 0 Å². The van der Waals surface area contributed by atoms with E-state index in [2.05, 4.69) is 12.2 Å². The van der Waals surface area contributed by atoms with Crippen LogP contribution in [0.2, 0.25) is 5.02 Å². The van der Waals surface area contributed by atoms with Crippen LogP contribution < -0.4 is 5.32 Å². The molecule has 1 aliphatic heterocycles. The molecule has 0 saturated carbocycles. The van der Waals surface area contributed by atoms with Crippen LogP contribution in [0.4, 0.5) is 0 Å². The van der Waals surface area contributed by atoms with Crippen LogP contribution in [0.25, 0.3) is 0 Å². The summed E-state index contributed by atoms with van der Waals surface area (Å²) >= 11 is 5.91. The molecule has 3 nitrogen and oxygen atoms in total. The third-order valence-corrected chi connectivity index (χ3v) is 4.98. The van der Waals surface area contributed by atoms with Gasteiger partial charge in [0.25, 0.3) is 0 Å². The van der Waals surface area contributed by atoms with Gasteiger partial charge in [-0.25, -0.2) is 0 Å². The summed E-state index contributed by atoms with van der Waals surface area (Å²) in [6.45, 7) is 4.31. The molecule has 0 radical (unpaired) electrons. The molecule has 1 unspecified atom stereocenters. The van der Waals surface area contributed by atoms with Gasteiger partial charge in [0.1, 0.15) is 0 Å². The van der Waals surface area contributed by atoms with Crippen LogP contribution in [0.15, 0.2) is 24.3 Å². The Morgan fingerprint density at radius 1 is 1.30 bits per heavy atom. The van der Waals surface area contributed by atoms with Gasteiger partial charge in [0.2, 0.25) is 5.91 Å². The van der Waals surface area contributed by atoms with E-state index < -0.39 is 0 Å². The zero-order valence-electron chi connectivity index (χ0n) is 14.1. The second-order valence-corrected chi connectivity index (χ2v) is 6.85. The molecule has 1 heterocycles. The molecule has 2 rings (SSSR count). The highest BCUT2D eigenvalue weighted by Crippen LogP contribution is 2.19. The summed E-state index contributed by atoms with van der Waals surface area (Å²) in [7, 11) is 1.92. The quantitative estimate of drug-likeness (QED) is 0.835. The van der Waals surface area contributed by atoms with Gasteiger partial charge in [-0.3, -0.25) is 4.79 Å². The molecule has 1 aromatic carbocycles. The first-order valence-electron chi connectivity index (χ1n) is 8.27. The molecule has 1 saturated heterocycles. The summed E-state index contributed by atoms with van der Waals surface area (Å²) in [5.74, 6) is 0.977. The highest BCUT2D eigenvalue weighted by molar-refractivity contribution is 6.30. The third-order valence-electron chi connectivity index (χ3n) is 4.72. The van der Waals surface area contributed by atoms with Crippen molar-refractivity contribution < 1.29 is 4.79 Å². The number of carbonyl (C=O) groups is 1. The molecule has 1 N–H and O–H groups in total. The lowest BCUT2D eigenvalue weighted by atomic mass is 9.93. The van der Waals surface area contributed by atoms with Gasteiger partial charge < -0.3 is 10.2 Å². The number of carbonyl (C=O) groups excluding carboxylic acids is 1. The Hall–Kier alpha value is -0.770. The molecular weight excluding hydrogens is 331 g/mol. The van der Waals surface area contributed by atoms with Crippen LogP contribution in [0.3, 0.4) is 0 Å². The number of nitrogens with zero attached hydrogens (tertiary/aromatic N) is 1. The number of rotatable bonds is 6. The lowest BCUT2D eigenvalue weighted by Gasteiger charge is -2.27. The van der Waals surface area contributed by atoms with Crippen molar-refractivity contribution in [2.45, 2.75) is 45.1 Å². The molecule has 1 atom stereocenters. The van der Waals surface area contributed by atoms with E-state index in [4.69, 9.17) is 11.6 Å². The van der Waals surface area contributed by atoms with Crippen molar-refractivity contribution in [3.8, 4) is 0 Å². The summed E-state index contributed by atoms with van der Waals surface area (Å²) in [6, 6.07) is 8.09. The Morgan fingerprint density at radius 3 is 2.52 bits per heavy atom. The van der Waals surface area contributed by atoms with Gasteiger partial charge in [0, 0.05) is 24.5 Å². The minimum atomic E-state index is 0. The van der Waals surface area contributed by atoms with Gasteiger partial charge in [-0.15, -0.1) is 12.4 Å². The van der Waals surface area contributed by atoms with Gasteiger partial charge in [0.05, 0.1) is 0 Å². The molecule has 5 heteroatoms. The number of halogens is 2. The number of likely N-dealkylation sites (N-methyl/N-ethyl adjacent to an activating group) is 1. The van der Waals surface area contributed by atoms with Crippen molar-refractivity contribution in [3.05, 3.63) is 34.9 Å². The Morgan fingerprint density at radius 2 is 1.91 bits per heavy atom. The number of hydrogen-bond donors (Lipinski definition) is 1. The largest absolute Gasteiger partial charge is 0.343 e. The number of benzene rings is 1. The molecule has 23 heavy (non-hydrogen) atoms. The molecule has 0 spiro atoms. The zero-order chi connectivity index (χ0) is 15.9. The minimum absolute atomic E-state index is 0. The summed E-state index contributed by atoms with van der Waals surface area (Å²) in [5.41, 5.74) is 1.22. The number of piperidine rings is 1. The van der Waals surface area contributed by atoms with Crippen LogP contribution in [-0.4, -0.2) is 37.0 Å². The summed E-state index contributed by atoms with van der Waals surface area (Å²) in [6.07, 6.45) is 4.98. The predicted octanol–water partition coefficient (Wildman–Crippen LogP) is 3.93. The van der Waals surface area contributed by atoms with Gasteiger partial charge in [-0.2, -0.15) is 0 Å². The highest BCUT2D eigenvalue weighted by atomic mass is 35.5. The third kappa shape index (κ3) is 6.70. The fourth-order valence-corrected chi connectivity index (χ4v) is 3.14. The zero-order valence-corrected chi connectivity index (χ0v) is 15.6. The average molecular weight is 359 g/mol. The second kappa shape index (κ2) is 10.2. The highest BCUT2D eigenvalue weighted by Gasteiger charge is 2.19. The molecular formula is C18H28Cl2N2O. The van der Waals surface area contributed by atoms with Crippen LogP contribution in [0.5, 0.6) is 0 Å². The first-order chi connectivity index (χ1) is 10.6. The number of nitrogens with one attached hydrogen (secondary N) is 1. The fraction of sp³-hybridized carbons (Fsp3) is 0.611. The molecule has 0 bridgehead atoms. The van der Waals surface area contributed by atoms with Crippen molar-refractivity contribution in [1.29, 1.82) is 0 Å². The maximum absolute atomic E-state index is 12.4. The van der Waals surface area contributed by atoms with E-state index in [1.165, 1.54) is 18.4 Å². The summed E-state index contributed by atoms with van der Waals surface area (Å²) in [5, 5.41) is 4.12. The van der Waals surface area contributed by atoms with E-state index in [1.807, 2.05) is 36.2 Å². The Labute approximate surface area is 151 Å². The monoisotopic (exact) mass is 358 g/mol. The maximum Gasteiger partial charge on any atom is 0.222 e. The smallest absolute Gasteiger partial charge is 0.222 e. The molecule has 1 aliphatic rings. The van der Waals surface area contributed by atoms with Crippen LogP contribution in [0.1, 0.15) is 38.2 Å². The van der Waals surface area contributed by atoms with Crippen LogP contribution >= 0.6 is 24.0 Å². The van der Waals surface area contributed by atoms with Crippen LogP contribution in [0, 0.1) is 5.92 Å². The first-order valence-corrected chi connectivity index (χ1v) is 8.65. The van der Waals surface area contributed by atoms with Crippen molar-refractivity contribution in [1.82, 2.24) is 10.2 Å². The lowest BCUT2D eigenvalue weighted by Crippen LogP contribution is -2.37. The summed E-state index contributed by atoms with van der Waals surface area (Å²) < 4.78 is 0. The van der Waals surface area contributed by atoms with E-state index in [9.17, 15) is 4.79 Å². The lowest BCUT2D eigenvalue weighted by molar-refractivity contribution is -0.132. The fourth-order valence-electron chi connectivity index (χ4n) is 3.02. The predicted molar refractivity (Wildman–Crippen MR) is 99.5 cm³/mol. The standard InChI is InChI=1S/C18H27ClN2O.ClH/c1-14(13-16-3-6-17(19)7-4-16)21(2)18(22)8-5-15-9-11-20-12-10-15;/h3-4,6-7,14-15,20H,5,8-13H2,1-2H3;1H. The number of amides is 1. The molecule has 0 aromatic heterocycles. The van der Waals surface area contributed by atoms with Crippen molar-refractivity contribution in [2.24, 2.45) is 5.92 Å². The topological polar surface area (TPSA) is 32.3 Å². The number of hydrogen-bond acceptors (Lipinski definition) is 2. The SMILES string of the molecule is CC(Cc1ccc(Cl)cc1)N(C)C(=O)CCC1CCNCC1.Cl. The van der Waals surface area contributed by atoms with Gasteiger partial charge in [-0.05, 0) is 69.3 Å². The van der Waals surface area contributed by atoms with E-state index in [0.717, 1.165) is 31.0 Å². The Kier molecular flexibility index (Phi) is 8.96. The molecule has 130 valence electrons. The first kappa shape index (κ1) is 20.3. The molecule has 1 aromatic rings. The molecule has 1 fully saturated rings. The van der Waals surface area contributed by atoms with E-state index >= 15 is 0 Å². The van der Waals surface area contributed by atoms with E-state index in [0.29, 0.717) is 12.3 Å². The van der Waals surface area contributed by atoms with Crippen LogP contribution in [-0.2, 0) is 11.2 Å².